The summed E-state index contributed by atoms with van der Waals surface area (Å²) in [5, 5.41) is 11.2. The van der Waals surface area contributed by atoms with E-state index in [1.165, 1.54) is 0 Å². The molecule has 3 rings (SSSR count). The maximum Gasteiger partial charge on any atom is 1.00 e. The first-order chi connectivity index (χ1) is 9.31. The number of carbonyl (C=O) groups excluding carboxylic acids is 2. The second-order valence-electron chi connectivity index (χ2n) is 5.27. The number of carboxylic acid groups (broad SMARTS) is 1. The quantitative estimate of drug-likeness (QED) is 0.317. The van der Waals surface area contributed by atoms with Gasteiger partial charge in [0.05, 0.1) is 17.7 Å². The maximum absolute atomic E-state index is 12.4. The van der Waals surface area contributed by atoms with Crippen LogP contribution in [0.5, 0.6) is 0 Å². The Labute approximate surface area is 141 Å². The van der Waals surface area contributed by atoms with Gasteiger partial charge in [-0.1, -0.05) is 6.42 Å². The van der Waals surface area contributed by atoms with Crippen molar-refractivity contribution in [3.63, 3.8) is 0 Å². The fraction of sp³-hybridized carbons (Fsp3) is 0.538. The third kappa shape index (κ3) is 2.55. The Balaban J connectivity index is 0.00000161. The average Bonchev–Trinajstić information content (AvgIpc) is 2.66. The number of amides is 1. The number of fused-ring (bicyclic) bond motifs is 3. The summed E-state index contributed by atoms with van der Waals surface area (Å²) in [5.41, 5.74) is 0.0300. The second kappa shape index (κ2) is 5.44. The van der Waals surface area contributed by atoms with Crippen LogP contribution >= 0.6 is 0 Å². The summed E-state index contributed by atoms with van der Waals surface area (Å²) in [6.45, 7) is 0. The zero-order valence-electron chi connectivity index (χ0n) is 11.4. The first-order valence-corrected chi connectivity index (χ1v) is 6.38. The molecule has 1 saturated carbocycles. The molecule has 2 atom stereocenters. The molecule has 0 N–H and O–H groups in total. The molecule has 0 radical (unpaired) electrons. The van der Waals surface area contributed by atoms with Gasteiger partial charge in [0, 0.05) is 17.6 Å². The predicted molar refractivity (Wildman–Crippen MR) is 58.8 cm³/mol. The summed E-state index contributed by atoms with van der Waals surface area (Å²) in [6.07, 6.45) is -1.84. The maximum atomic E-state index is 12.4. The number of rotatable bonds is 1. The molecule has 1 aliphatic carbocycles. The molecule has 1 unspecified atom stereocenters. The number of allylic oxidation sites excluding steroid dienone is 1. The first-order valence-electron chi connectivity index (χ1n) is 6.38. The molecule has 2 fully saturated rings. The number of hydrogen-bond acceptors (Lipinski definition) is 3. The summed E-state index contributed by atoms with van der Waals surface area (Å²) in [5.74, 6) is -2.65. The number of halogens is 3. The standard InChI is InChI=1S/C13H12F3NO3.Na/c14-13(15,16)5-8-9-6-3-1-2-4-7(6)10(12(19)20)17(9)11(8)18;/h5-6,9H,1-4H2,(H,19,20);/q;+1/p-1/b8-5+;/t6-,9?;/m0./s1. The van der Waals surface area contributed by atoms with Crippen LogP contribution in [-0.2, 0) is 9.59 Å². The van der Waals surface area contributed by atoms with Crippen LogP contribution in [0.25, 0.3) is 0 Å². The number of aliphatic carboxylic acids is 1. The van der Waals surface area contributed by atoms with Gasteiger partial charge in [-0.25, -0.2) is 0 Å². The van der Waals surface area contributed by atoms with Gasteiger partial charge >= 0.3 is 35.7 Å². The number of nitrogens with zero attached hydrogens (tertiary/aromatic N) is 1. The van der Waals surface area contributed by atoms with Crippen LogP contribution in [0.2, 0.25) is 0 Å². The van der Waals surface area contributed by atoms with Crippen molar-refractivity contribution in [2.45, 2.75) is 37.9 Å². The van der Waals surface area contributed by atoms with E-state index in [2.05, 4.69) is 0 Å². The molecule has 3 aliphatic rings. The fourth-order valence-electron chi connectivity index (χ4n) is 3.49. The molecule has 0 bridgehead atoms. The van der Waals surface area contributed by atoms with E-state index in [0.29, 0.717) is 18.4 Å². The monoisotopic (exact) mass is 309 g/mol. The largest absolute Gasteiger partial charge is 1.00 e. The summed E-state index contributed by atoms with van der Waals surface area (Å²) < 4.78 is 37.3. The van der Waals surface area contributed by atoms with Gasteiger partial charge in [-0.15, -0.1) is 0 Å². The van der Waals surface area contributed by atoms with E-state index in [1.54, 1.807) is 0 Å². The molecule has 0 aromatic carbocycles. The third-order valence-electron chi connectivity index (χ3n) is 4.16. The van der Waals surface area contributed by atoms with Gasteiger partial charge < -0.3 is 9.90 Å². The summed E-state index contributed by atoms with van der Waals surface area (Å²) in [7, 11) is 0. The van der Waals surface area contributed by atoms with E-state index >= 15 is 0 Å². The van der Waals surface area contributed by atoms with E-state index in [1.807, 2.05) is 0 Å². The summed E-state index contributed by atoms with van der Waals surface area (Å²) in [6, 6.07) is -0.771. The minimum Gasteiger partial charge on any atom is -0.543 e. The zero-order chi connectivity index (χ0) is 14.7. The van der Waals surface area contributed by atoms with Crippen molar-refractivity contribution in [2.75, 3.05) is 0 Å². The minimum absolute atomic E-state index is 0. The van der Waals surface area contributed by atoms with Gasteiger partial charge in [0.25, 0.3) is 5.91 Å². The van der Waals surface area contributed by atoms with Gasteiger partial charge in [-0.05, 0) is 24.8 Å². The van der Waals surface area contributed by atoms with E-state index in [0.717, 1.165) is 17.7 Å². The van der Waals surface area contributed by atoms with Gasteiger partial charge in [-0.2, -0.15) is 13.2 Å². The molecule has 108 valence electrons. The topological polar surface area (TPSA) is 60.4 Å². The Bertz CT molecular complexity index is 567. The Morgan fingerprint density at radius 1 is 1.33 bits per heavy atom. The number of alkyl halides is 3. The average molecular weight is 309 g/mol. The number of carbonyl (C=O) groups is 2. The predicted octanol–water partition coefficient (Wildman–Crippen LogP) is -2.10. The third-order valence-corrected chi connectivity index (χ3v) is 4.16. The van der Waals surface area contributed by atoms with Crippen LogP contribution in [0.15, 0.2) is 22.9 Å². The molecule has 0 aromatic rings. The molecule has 8 heteroatoms. The molecular weight excluding hydrogens is 298 g/mol. The molecule has 21 heavy (non-hydrogen) atoms. The Hall–Kier alpha value is -0.790. The fourth-order valence-corrected chi connectivity index (χ4v) is 3.49. The summed E-state index contributed by atoms with van der Waals surface area (Å²) >= 11 is 0. The number of hydrogen-bond donors (Lipinski definition) is 0. The van der Waals surface area contributed by atoms with E-state index in [-0.39, 0.29) is 52.8 Å². The minimum atomic E-state index is -4.57. The molecule has 1 saturated heterocycles. The zero-order valence-corrected chi connectivity index (χ0v) is 13.4. The Morgan fingerprint density at radius 2 is 2.00 bits per heavy atom. The van der Waals surface area contributed by atoms with Crippen LogP contribution in [0.4, 0.5) is 13.2 Å². The van der Waals surface area contributed by atoms with Crippen molar-refractivity contribution >= 4 is 11.9 Å². The van der Waals surface area contributed by atoms with Crippen LogP contribution in [0, 0.1) is 5.92 Å². The molecule has 0 aromatic heterocycles. The van der Waals surface area contributed by atoms with Crippen molar-refractivity contribution < 1.29 is 57.4 Å². The molecular formula is C13H11F3NNaO3. The molecule has 1 amide bonds. The first kappa shape index (κ1) is 16.6. The Kier molecular flexibility index (Phi) is 4.30. The van der Waals surface area contributed by atoms with Crippen molar-refractivity contribution in [3.8, 4) is 0 Å². The number of β-lactam (4-membered cyclic amide) rings is 1. The van der Waals surface area contributed by atoms with Crippen LogP contribution in [0.3, 0.4) is 0 Å². The van der Waals surface area contributed by atoms with Gasteiger partial charge in [0.1, 0.15) is 0 Å². The SMILES string of the molecule is O=C([O-])C1=C2CCCC[C@@H]2C2/C(=C\C(F)(F)F)C(=O)N12.[Na+]. The Morgan fingerprint density at radius 3 is 2.57 bits per heavy atom. The van der Waals surface area contributed by atoms with Crippen LogP contribution < -0.4 is 34.7 Å². The second-order valence-corrected chi connectivity index (χ2v) is 5.27. The summed E-state index contributed by atoms with van der Waals surface area (Å²) in [4.78, 5) is 24.0. The van der Waals surface area contributed by atoms with E-state index in [4.69, 9.17) is 0 Å². The van der Waals surface area contributed by atoms with Crippen molar-refractivity contribution in [1.29, 1.82) is 0 Å². The van der Waals surface area contributed by atoms with Crippen molar-refractivity contribution in [2.24, 2.45) is 5.92 Å². The van der Waals surface area contributed by atoms with E-state index in [9.17, 15) is 27.9 Å². The number of carboxylic acids is 1. The normalized spacial score (nSPS) is 29.8. The van der Waals surface area contributed by atoms with Crippen LogP contribution in [0.1, 0.15) is 25.7 Å². The van der Waals surface area contributed by atoms with E-state index < -0.39 is 24.1 Å². The smallest absolute Gasteiger partial charge is 0.543 e. The van der Waals surface area contributed by atoms with Crippen molar-refractivity contribution in [1.82, 2.24) is 4.90 Å². The van der Waals surface area contributed by atoms with Gasteiger partial charge in [-0.3, -0.25) is 9.69 Å². The van der Waals surface area contributed by atoms with Crippen LogP contribution in [-0.4, -0.2) is 29.0 Å². The molecule has 4 nitrogen and oxygen atoms in total. The van der Waals surface area contributed by atoms with Gasteiger partial charge in [0.2, 0.25) is 0 Å². The molecule has 2 aliphatic heterocycles. The molecule has 2 heterocycles. The molecule has 0 spiro atoms. The van der Waals surface area contributed by atoms with Gasteiger partial charge in [0.15, 0.2) is 0 Å². The van der Waals surface area contributed by atoms with Crippen molar-refractivity contribution in [3.05, 3.63) is 22.9 Å².